The Morgan fingerprint density at radius 2 is 2.16 bits per heavy atom. The Morgan fingerprint density at radius 3 is 2.74 bits per heavy atom. The molecule has 1 aromatic rings. The summed E-state index contributed by atoms with van der Waals surface area (Å²) in [4.78, 5) is 22.6. The molecule has 0 radical (unpaired) electrons. The van der Waals surface area contributed by atoms with Crippen molar-refractivity contribution in [3.63, 3.8) is 0 Å². The lowest BCUT2D eigenvalue weighted by atomic mass is 10.2. The van der Waals surface area contributed by atoms with E-state index < -0.39 is 23.7 Å². The second-order valence-electron chi connectivity index (χ2n) is 3.89. The molecule has 7 heteroatoms. The van der Waals surface area contributed by atoms with Gasteiger partial charge in [-0.05, 0) is 18.2 Å². The molecule has 0 fully saturated rings. The number of halogens is 2. The number of urea groups is 1. The van der Waals surface area contributed by atoms with Crippen LogP contribution in [0, 0.1) is 11.7 Å². The minimum atomic E-state index is -0.563. The van der Waals surface area contributed by atoms with Gasteiger partial charge in [-0.3, -0.25) is 4.79 Å². The number of esters is 1. The summed E-state index contributed by atoms with van der Waals surface area (Å²) in [5.41, 5.74) is 0.356. The number of nitrogens with one attached hydrogen (secondary N) is 2. The quantitative estimate of drug-likeness (QED) is 0.836. The first-order chi connectivity index (χ1) is 8.93. The topological polar surface area (TPSA) is 67.4 Å². The maximum atomic E-state index is 12.9. The van der Waals surface area contributed by atoms with Crippen molar-refractivity contribution in [1.29, 1.82) is 0 Å². The Kier molecular flexibility index (Phi) is 5.57. The minimum Gasteiger partial charge on any atom is -0.469 e. The van der Waals surface area contributed by atoms with E-state index in [0.717, 1.165) is 6.07 Å². The molecule has 1 unspecified atom stereocenters. The molecule has 0 saturated carbocycles. The van der Waals surface area contributed by atoms with Gasteiger partial charge in [0.15, 0.2) is 0 Å². The number of hydrogen-bond acceptors (Lipinski definition) is 3. The molecule has 5 nitrogen and oxygen atoms in total. The van der Waals surface area contributed by atoms with Crippen molar-refractivity contribution in [2.75, 3.05) is 19.0 Å². The molecule has 0 bridgehead atoms. The van der Waals surface area contributed by atoms with Gasteiger partial charge in [-0.15, -0.1) is 0 Å². The van der Waals surface area contributed by atoms with Crippen molar-refractivity contribution in [2.24, 2.45) is 5.92 Å². The van der Waals surface area contributed by atoms with Crippen LogP contribution in [-0.2, 0) is 9.53 Å². The largest absolute Gasteiger partial charge is 0.469 e. The van der Waals surface area contributed by atoms with Crippen molar-refractivity contribution < 1.29 is 18.7 Å². The third-order valence-electron chi connectivity index (χ3n) is 2.35. The van der Waals surface area contributed by atoms with Gasteiger partial charge in [0.05, 0.1) is 18.1 Å². The third kappa shape index (κ3) is 4.75. The van der Waals surface area contributed by atoms with Gasteiger partial charge in [-0.2, -0.15) is 0 Å². The zero-order chi connectivity index (χ0) is 14.4. The molecule has 1 rings (SSSR count). The number of anilines is 1. The van der Waals surface area contributed by atoms with E-state index >= 15 is 0 Å². The van der Waals surface area contributed by atoms with Crippen LogP contribution in [0.3, 0.4) is 0 Å². The fourth-order valence-corrected chi connectivity index (χ4v) is 1.46. The first kappa shape index (κ1) is 15.2. The van der Waals surface area contributed by atoms with E-state index in [4.69, 9.17) is 11.6 Å². The standard InChI is InChI=1S/C12H14ClFN2O3/c1-7(11(17)19-2)6-15-12(18)16-8-3-4-10(14)9(13)5-8/h3-5,7H,6H2,1-2H3,(H2,15,16,18). The highest BCUT2D eigenvalue weighted by Gasteiger charge is 2.14. The SMILES string of the molecule is COC(=O)C(C)CNC(=O)Nc1ccc(F)c(Cl)c1. The summed E-state index contributed by atoms with van der Waals surface area (Å²) in [6, 6.07) is 3.30. The molecule has 1 atom stereocenters. The average molecular weight is 289 g/mol. The highest BCUT2D eigenvalue weighted by atomic mass is 35.5. The van der Waals surface area contributed by atoms with E-state index in [1.165, 1.54) is 19.2 Å². The normalized spacial score (nSPS) is 11.6. The van der Waals surface area contributed by atoms with E-state index in [1.54, 1.807) is 6.92 Å². The van der Waals surface area contributed by atoms with E-state index in [1.807, 2.05) is 0 Å². The van der Waals surface area contributed by atoms with Crippen LogP contribution in [0.4, 0.5) is 14.9 Å². The second-order valence-corrected chi connectivity index (χ2v) is 4.30. The summed E-state index contributed by atoms with van der Waals surface area (Å²) in [7, 11) is 1.28. The molecule has 0 aliphatic heterocycles. The molecule has 0 heterocycles. The molecule has 19 heavy (non-hydrogen) atoms. The number of rotatable bonds is 4. The molecule has 2 amide bonds. The van der Waals surface area contributed by atoms with Gasteiger partial charge >= 0.3 is 12.0 Å². The lowest BCUT2D eigenvalue weighted by molar-refractivity contribution is -0.144. The van der Waals surface area contributed by atoms with Gasteiger partial charge in [0.2, 0.25) is 0 Å². The van der Waals surface area contributed by atoms with Gasteiger partial charge in [-0.25, -0.2) is 9.18 Å². The molecule has 1 aromatic carbocycles. The smallest absolute Gasteiger partial charge is 0.319 e. The molecule has 2 N–H and O–H groups in total. The second kappa shape index (κ2) is 6.94. The van der Waals surface area contributed by atoms with E-state index in [-0.39, 0.29) is 11.6 Å². The van der Waals surface area contributed by atoms with Crippen molar-refractivity contribution in [2.45, 2.75) is 6.92 Å². The van der Waals surface area contributed by atoms with Gasteiger partial charge in [0, 0.05) is 12.2 Å². The van der Waals surface area contributed by atoms with Crippen molar-refractivity contribution >= 4 is 29.3 Å². The van der Waals surface area contributed by atoms with Crippen LogP contribution in [-0.4, -0.2) is 25.7 Å². The lowest BCUT2D eigenvalue weighted by Crippen LogP contribution is -2.35. The van der Waals surface area contributed by atoms with Crippen molar-refractivity contribution in [3.05, 3.63) is 29.0 Å². The van der Waals surface area contributed by atoms with Crippen molar-refractivity contribution in [3.8, 4) is 0 Å². The molecule has 104 valence electrons. The number of methoxy groups -OCH3 is 1. The maximum Gasteiger partial charge on any atom is 0.319 e. The van der Waals surface area contributed by atoms with Crippen LogP contribution in [0.25, 0.3) is 0 Å². The number of amides is 2. The van der Waals surface area contributed by atoms with Crippen LogP contribution < -0.4 is 10.6 Å². The highest BCUT2D eigenvalue weighted by molar-refractivity contribution is 6.31. The van der Waals surface area contributed by atoms with E-state index in [0.29, 0.717) is 5.69 Å². The van der Waals surface area contributed by atoms with E-state index in [2.05, 4.69) is 15.4 Å². The van der Waals surface area contributed by atoms with Gasteiger partial charge in [-0.1, -0.05) is 18.5 Å². The lowest BCUT2D eigenvalue weighted by Gasteiger charge is -2.11. The number of carbonyl (C=O) groups is 2. The molecule has 0 aliphatic carbocycles. The van der Waals surface area contributed by atoms with Crippen LogP contribution in [0.1, 0.15) is 6.92 Å². The van der Waals surface area contributed by atoms with E-state index in [9.17, 15) is 14.0 Å². The molecule has 0 spiro atoms. The summed E-state index contributed by atoms with van der Waals surface area (Å²) < 4.78 is 17.4. The Morgan fingerprint density at radius 1 is 1.47 bits per heavy atom. The zero-order valence-electron chi connectivity index (χ0n) is 10.5. The minimum absolute atomic E-state index is 0.0827. The molecular formula is C12H14ClFN2O3. The summed E-state index contributed by atoms with van der Waals surface area (Å²) in [5, 5.41) is 4.88. The van der Waals surface area contributed by atoms with Crippen LogP contribution in [0.15, 0.2) is 18.2 Å². The first-order valence-electron chi connectivity index (χ1n) is 5.51. The third-order valence-corrected chi connectivity index (χ3v) is 2.64. The van der Waals surface area contributed by atoms with Gasteiger partial charge in [0.1, 0.15) is 5.82 Å². The maximum absolute atomic E-state index is 12.9. The Labute approximate surface area is 115 Å². The van der Waals surface area contributed by atoms with Crippen LogP contribution in [0.2, 0.25) is 5.02 Å². The fraction of sp³-hybridized carbons (Fsp3) is 0.333. The van der Waals surface area contributed by atoms with Gasteiger partial charge in [0.25, 0.3) is 0 Å². The van der Waals surface area contributed by atoms with Crippen LogP contribution in [0.5, 0.6) is 0 Å². The summed E-state index contributed by atoms with van der Waals surface area (Å²) in [5.74, 6) is -1.43. The fourth-order valence-electron chi connectivity index (χ4n) is 1.28. The zero-order valence-corrected chi connectivity index (χ0v) is 11.3. The molecule has 0 saturated heterocycles. The molecule has 0 aromatic heterocycles. The Bertz CT molecular complexity index is 482. The predicted octanol–water partition coefficient (Wildman–Crippen LogP) is 2.41. The van der Waals surface area contributed by atoms with Crippen molar-refractivity contribution in [1.82, 2.24) is 5.32 Å². The Hall–Kier alpha value is -1.82. The molecular weight excluding hydrogens is 275 g/mol. The number of hydrogen-bond donors (Lipinski definition) is 2. The summed E-state index contributed by atoms with van der Waals surface area (Å²) in [6.07, 6.45) is 0. The average Bonchev–Trinajstić information content (AvgIpc) is 2.39. The monoisotopic (exact) mass is 288 g/mol. The number of ether oxygens (including phenoxy) is 1. The van der Waals surface area contributed by atoms with Crippen LogP contribution >= 0.6 is 11.6 Å². The predicted molar refractivity (Wildman–Crippen MR) is 69.6 cm³/mol. The summed E-state index contributed by atoms with van der Waals surface area (Å²) >= 11 is 5.58. The molecule has 0 aliphatic rings. The summed E-state index contributed by atoms with van der Waals surface area (Å²) in [6.45, 7) is 1.76. The number of benzene rings is 1. The van der Waals surface area contributed by atoms with Gasteiger partial charge < -0.3 is 15.4 Å². The highest BCUT2D eigenvalue weighted by Crippen LogP contribution is 2.19. The first-order valence-corrected chi connectivity index (χ1v) is 5.89. The number of carbonyl (C=O) groups excluding carboxylic acids is 2. The Balaban J connectivity index is 2.47.